The molecular weight excluding hydrogens is 579 g/mol. The molecule has 39 heavy (non-hydrogen) atoms. The first kappa shape index (κ1) is 35.6. The lowest BCUT2D eigenvalue weighted by atomic mass is 9.86. The molecule has 0 aliphatic carbocycles. The lowest BCUT2D eigenvalue weighted by Gasteiger charge is -2.35. The van der Waals surface area contributed by atoms with Gasteiger partial charge in [-0.25, -0.2) is 4.39 Å². The molecule has 1 heterocycles. The zero-order valence-electron chi connectivity index (χ0n) is 22.4. The van der Waals surface area contributed by atoms with Crippen LogP contribution in [0.1, 0.15) is 37.5 Å². The molecule has 12 heteroatoms. The Morgan fingerprint density at radius 1 is 1.10 bits per heavy atom. The lowest BCUT2D eigenvalue weighted by Crippen LogP contribution is -2.49. The van der Waals surface area contributed by atoms with Gasteiger partial charge in [-0.15, -0.1) is 24.8 Å². The summed E-state index contributed by atoms with van der Waals surface area (Å²) in [5.74, 6) is -0.135. The first-order valence-electron chi connectivity index (χ1n) is 12.2. The van der Waals surface area contributed by atoms with Gasteiger partial charge < -0.3 is 25.6 Å². The van der Waals surface area contributed by atoms with Crippen LogP contribution >= 0.6 is 36.6 Å². The van der Waals surface area contributed by atoms with Gasteiger partial charge in [-0.2, -0.15) is 24.9 Å². The first-order chi connectivity index (χ1) is 17.3. The summed E-state index contributed by atoms with van der Waals surface area (Å²) in [5.41, 5.74) is 7.96. The van der Waals surface area contributed by atoms with Gasteiger partial charge in [0, 0.05) is 25.4 Å². The molecule has 0 amide bonds. The normalized spacial score (nSPS) is 20.5. The SMILES string of the molecule is COC[C@@H](Oc1cc(C[C@@H]2CSC[C@H](NCc3cccc(C(C)(C)C)c3)[C@H]2O)cc(F)c1N)C(F)(F)F.Cl.Cl. The van der Waals surface area contributed by atoms with Gasteiger partial charge in [-0.3, -0.25) is 0 Å². The second-order valence-corrected chi connectivity index (χ2v) is 11.6. The molecule has 5 nitrogen and oxygen atoms in total. The zero-order valence-corrected chi connectivity index (χ0v) is 24.8. The predicted molar refractivity (Wildman–Crippen MR) is 154 cm³/mol. The number of thioether (sulfide) groups is 1. The Balaban J connectivity index is 0.00000380. The summed E-state index contributed by atoms with van der Waals surface area (Å²) in [5, 5.41) is 14.5. The molecule has 4 N–H and O–H groups in total. The number of benzene rings is 2. The molecule has 1 aliphatic rings. The predicted octanol–water partition coefficient (Wildman–Crippen LogP) is 5.93. The van der Waals surface area contributed by atoms with Crippen LogP contribution in [-0.4, -0.2) is 54.8 Å². The van der Waals surface area contributed by atoms with E-state index in [0.717, 1.165) is 12.7 Å². The standard InChI is InChI=1S/C27H36F4N2O3S.2ClH/c1-26(2,3)19-7-5-6-16(9-19)12-33-21-15-37-14-18(25(21)34)8-17-10-20(28)24(32)22(11-17)36-23(13-35-4)27(29,30)31;;/h5-7,9-11,18,21,23,25,33-34H,8,12-15,32H2,1-4H3;2*1H/t18-,21+,23-,25+;;/m1../s1. The molecule has 4 atom stereocenters. The Morgan fingerprint density at radius 2 is 1.79 bits per heavy atom. The summed E-state index contributed by atoms with van der Waals surface area (Å²) in [4.78, 5) is 0. The van der Waals surface area contributed by atoms with Gasteiger partial charge in [0.25, 0.3) is 0 Å². The molecule has 0 spiro atoms. The minimum atomic E-state index is -4.71. The topological polar surface area (TPSA) is 76.7 Å². The highest BCUT2D eigenvalue weighted by atomic mass is 35.5. The van der Waals surface area contributed by atoms with Crippen molar-refractivity contribution >= 4 is 42.3 Å². The Hall–Kier alpha value is -1.43. The fourth-order valence-electron chi connectivity index (χ4n) is 4.29. The van der Waals surface area contributed by atoms with Crippen LogP contribution in [0.15, 0.2) is 36.4 Å². The van der Waals surface area contributed by atoms with E-state index in [2.05, 4.69) is 43.0 Å². The van der Waals surface area contributed by atoms with Crippen LogP contribution in [0.2, 0.25) is 0 Å². The second-order valence-electron chi connectivity index (χ2n) is 10.5. The van der Waals surface area contributed by atoms with Gasteiger partial charge in [0.15, 0.2) is 0 Å². The number of hydrogen-bond acceptors (Lipinski definition) is 6. The van der Waals surface area contributed by atoms with E-state index in [4.69, 9.17) is 10.5 Å². The fourth-order valence-corrected chi connectivity index (χ4v) is 5.62. The van der Waals surface area contributed by atoms with Crippen molar-refractivity contribution in [3.05, 3.63) is 58.9 Å². The van der Waals surface area contributed by atoms with Crippen LogP contribution < -0.4 is 15.8 Å². The summed E-state index contributed by atoms with van der Waals surface area (Å²) in [6.07, 6.45) is -7.44. The molecule has 0 bridgehead atoms. The number of hydrogen-bond donors (Lipinski definition) is 3. The Labute approximate surface area is 244 Å². The molecule has 1 saturated heterocycles. The number of nitrogens with two attached hydrogens (primary N) is 1. The number of halogens is 6. The van der Waals surface area contributed by atoms with Crippen molar-refractivity contribution in [3.63, 3.8) is 0 Å². The summed E-state index contributed by atoms with van der Waals surface area (Å²) >= 11 is 1.67. The minimum Gasteiger partial charge on any atom is -0.476 e. The van der Waals surface area contributed by atoms with E-state index in [1.807, 2.05) is 12.1 Å². The lowest BCUT2D eigenvalue weighted by molar-refractivity contribution is -0.206. The number of rotatable bonds is 9. The quantitative estimate of drug-likeness (QED) is 0.239. The first-order valence-corrected chi connectivity index (χ1v) is 13.3. The van der Waals surface area contributed by atoms with Crippen LogP contribution in [-0.2, 0) is 23.1 Å². The highest BCUT2D eigenvalue weighted by molar-refractivity contribution is 7.99. The monoisotopic (exact) mass is 616 g/mol. The fraction of sp³-hybridized carbons (Fsp3) is 0.556. The number of nitrogens with one attached hydrogen (secondary N) is 1. The molecular formula is C27H38Cl2F4N2O3S. The summed E-state index contributed by atoms with van der Waals surface area (Å²) in [6, 6.07) is 10.6. The largest absolute Gasteiger partial charge is 0.476 e. The maximum absolute atomic E-state index is 14.5. The third-order valence-corrected chi connectivity index (χ3v) is 7.75. The van der Waals surface area contributed by atoms with E-state index >= 15 is 0 Å². The number of methoxy groups -OCH3 is 1. The number of aliphatic hydroxyl groups excluding tert-OH is 1. The van der Waals surface area contributed by atoms with Gasteiger partial charge in [0.2, 0.25) is 6.10 Å². The van der Waals surface area contributed by atoms with Crippen molar-refractivity contribution in [1.29, 1.82) is 0 Å². The third kappa shape index (κ3) is 9.86. The van der Waals surface area contributed by atoms with E-state index in [-0.39, 0.29) is 54.4 Å². The average molecular weight is 618 g/mol. The summed E-state index contributed by atoms with van der Waals surface area (Å²) in [7, 11) is 1.12. The van der Waals surface area contributed by atoms with E-state index in [1.54, 1.807) is 11.8 Å². The highest BCUT2D eigenvalue weighted by Gasteiger charge is 2.42. The Kier molecular flexibility index (Phi) is 13.7. The number of nitrogen functional groups attached to an aromatic ring is 1. The molecule has 0 unspecified atom stereocenters. The maximum atomic E-state index is 14.5. The third-order valence-electron chi connectivity index (χ3n) is 6.49. The molecule has 222 valence electrons. The van der Waals surface area contributed by atoms with E-state index in [1.165, 1.54) is 17.7 Å². The number of ether oxygens (including phenoxy) is 2. The smallest absolute Gasteiger partial charge is 0.427 e. The molecule has 0 saturated carbocycles. The molecule has 1 fully saturated rings. The number of alkyl halides is 3. The second kappa shape index (κ2) is 15.0. The van der Waals surface area contributed by atoms with Crippen molar-refractivity contribution in [2.45, 2.75) is 63.6 Å². The van der Waals surface area contributed by atoms with Crippen LogP contribution in [0, 0.1) is 11.7 Å². The summed E-state index contributed by atoms with van der Waals surface area (Å²) < 4.78 is 64.0. The van der Waals surface area contributed by atoms with Gasteiger partial charge >= 0.3 is 6.18 Å². The highest BCUT2D eigenvalue weighted by Crippen LogP contribution is 2.34. The molecule has 0 radical (unpaired) electrons. The zero-order chi connectivity index (χ0) is 27.4. The molecule has 1 aliphatic heterocycles. The van der Waals surface area contributed by atoms with Crippen LogP contribution in [0.25, 0.3) is 0 Å². The Morgan fingerprint density at radius 3 is 2.41 bits per heavy atom. The summed E-state index contributed by atoms with van der Waals surface area (Å²) in [6.45, 7) is 6.31. The Bertz CT molecular complexity index is 1060. The minimum absolute atomic E-state index is 0. The van der Waals surface area contributed by atoms with Gasteiger partial charge in [0.1, 0.15) is 17.3 Å². The molecule has 3 rings (SSSR count). The van der Waals surface area contributed by atoms with Gasteiger partial charge in [0.05, 0.1) is 12.7 Å². The van der Waals surface area contributed by atoms with Gasteiger partial charge in [-0.05, 0) is 52.3 Å². The molecule has 0 aromatic heterocycles. The number of anilines is 1. The van der Waals surface area contributed by atoms with Crippen LogP contribution in [0.5, 0.6) is 5.75 Å². The van der Waals surface area contributed by atoms with Crippen LogP contribution in [0.4, 0.5) is 23.2 Å². The number of aliphatic hydroxyl groups is 1. The molecule has 2 aromatic carbocycles. The van der Waals surface area contributed by atoms with E-state index in [9.17, 15) is 22.7 Å². The average Bonchev–Trinajstić information content (AvgIpc) is 2.81. The molecule has 2 aromatic rings. The van der Waals surface area contributed by atoms with E-state index in [0.29, 0.717) is 23.6 Å². The van der Waals surface area contributed by atoms with Crippen molar-refractivity contribution in [1.82, 2.24) is 5.32 Å². The van der Waals surface area contributed by atoms with Crippen molar-refractivity contribution in [2.24, 2.45) is 5.92 Å². The van der Waals surface area contributed by atoms with E-state index < -0.39 is 36.5 Å². The van der Waals surface area contributed by atoms with Crippen molar-refractivity contribution in [3.8, 4) is 5.75 Å². The van der Waals surface area contributed by atoms with Crippen molar-refractivity contribution < 1.29 is 32.1 Å². The van der Waals surface area contributed by atoms with Crippen LogP contribution in [0.3, 0.4) is 0 Å². The van der Waals surface area contributed by atoms with Crippen molar-refractivity contribution in [2.75, 3.05) is 31.0 Å². The van der Waals surface area contributed by atoms with Gasteiger partial charge in [-0.1, -0.05) is 45.0 Å². The maximum Gasteiger partial charge on any atom is 0.427 e.